The molecule has 0 bridgehead atoms. The molecule has 1 N–H and O–H groups in total. The molecule has 0 saturated carbocycles. The minimum Gasteiger partial charge on any atom is -0.497 e. The van der Waals surface area contributed by atoms with Gasteiger partial charge in [-0.3, -0.25) is 4.79 Å². The standard InChI is InChI=1S/C22H23ClN2O3S/c1-14(19-12-18(27-2)7-8-20(19)28-3)24-21(26)11-17-13-29-22(25-17)10-15-5-4-6-16(23)9-15/h4-9,12-14H,10-11H2,1-3H3,(H,24,26). The number of nitrogens with one attached hydrogen (secondary N) is 1. The second-order valence-electron chi connectivity index (χ2n) is 6.61. The molecule has 1 amide bonds. The number of carbonyl (C=O) groups is 1. The molecule has 152 valence electrons. The summed E-state index contributed by atoms with van der Waals surface area (Å²) < 4.78 is 10.7. The monoisotopic (exact) mass is 430 g/mol. The fourth-order valence-electron chi connectivity index (χ4n) is 3.05. The van der Waals surface area contributed by atoms with Crippen molar-refractivity contribution in [3.8, 4) is 11.5 Å². The van der Waals surface area contributed by atoms with Crippen molar-refractivity contribution in [3.05, 3.63) is 74.7 Å². The molecule has 2 aromatic carbocycles. The highest BCUT2D eigenvalue weighted by Gasteiger charge is 2.16. The second-order valence-corrected chi connectivity index (χ2v) is 7.99. The lowest BCUT2D eigenvalue weighted by molar-refractivity contribution is -0.121. The van der Waals surface area contributed by atoms with E-state index in [4.69, 9.17) is 21.1 Å². The first-order valence-electron chi connectivity index (χ1n) is 9.17. The van der Waals surface area contributed by atoms with E-state index in [1.54, 1.807) is 25.6 Å². The molecule has 3 aromatic rings. The number of carbonyl (C=O) groups excluding carboxylic acids is 1. The van der Waals surface area contributed by atoms with E-state index in [0.29, 0.717) is 22.9 Å². The van der Waals surface area contributed by atoms with Crippen molar-refractivity contribution < 1.29 is 14.3 Å². The van der Waals surface area contributed by atoms with E-state index < -0.39 is 0 Å². The largest absolute Gasteiger partial charge is 0.497 e. The van der Waals surface area contributed by atoms with Gasteiger partial charge in [0.2, 0.25) is 5.91 Å². The summed E-state index contributed by atoms with van der Waals surface area (Å²) in [6.45, 7) is 1.92. The van der Waals surface area contributed by atoms with Crippen molar-refractivity contribution >= 4 is 28.8 Å². The summed E-state index contributed by atoms with van der Waals surface area (Å²) in [6.07, 6.45) is 0.924. The number of halogens is 1. The molecule has 1 atom stereocenters. The molecule has 3 rings (SSSR count). The third-order valence-electron chi connectivity index (χ3n) is 4.47. The zero-order valence-electron chi connectivity index (χ0n) is 16.6. The fraction of sp³-hybridized carbons (Fsp3) is 0.273. The van der Waals surface area contributed by atoms with Gasteiger partial charge in [0, 0.05) is 22.4 Å². The molecule has 7 heteroatoms. The average molecular weight is 431 g/mol. The van der Waals surface area contributed by atoms with Crippen molar-refractivity contribution in [2.24, 2.45) is 0 Å². The molecule has 0 radical (unpaired) electrons. The number of amides is 1. The summed E-state index contributed by atoms with van der Waals surface area (Å²) in [5, 5.41) is 6.60. The normalized spacial score (nSPS) is 11.7. The Kier molecular flexibility index (Phi) is 7.12. The maximum Gasteiger partial charge on any atom is 0.226 e. The van der Waals surface area contributed by atoms with Gasteiger partial charge in [0.15, 0.2) is 0 Å². The molecule has 0 fully saturated rings. The molecule has 1 aromatic heterocycles. The number of rotatable bonds is 8. The lowest BCUT2D eigenvalue weighted by atomic mass is 10.1. The summed E-state index contributed by atoms with van der Waals surface area (Å²) >= 11 is 7.59. The van der Waals surface area contributed by atoms with Crippen molar-refractivity contribution in [2.75, 3.05) is 14.2 Å². The van der Waals surface area contributed by atoms with Crippen LogP contribution in [-0.2, 0) is 17.6 Å². The van der Waals surface area contributed by atoms with Crippen molar-refractivity contribution in [2.45, 2.75) is 25.8 Å². The third-order valence-corrected chi connectivity index (χ3v) is 5.60. The van der Waals surface area contributed by atoms with Crippen molar-refractivity contribution in [1.29, 1.82) is 0 Å². The number of aromatic nitrogens is 1. The van der Waals surface area contributed by atoms with Gasteiger partial charge in [-0.1, -0.05) is 23.7 Å². The number of nitrogens with zero attached hydrogens (tertiary/aromatic N) is 1. The number of methoxy groups -OCH3 is 2. The first-order valence-corrected chi connectivity index (χ1v) is 10.4. The summed E-state index contributed by atoms with van der Waals surface area (Å²) in [7, 11) is 3.22. The Hall–Kier alpha value is -2.57. The highest BCUT2D eigenvalue weighted by Crippen LogP contribution is 2.29. The maximum absolute atomic E-state index is 12.5. The Morgan fingerprint density at radius 3 is 2.76 bits per heavy atom. The van der Waals surface area contributed by atoms with Gasteiger partial charge in [0.25, 0.3) is 0 Å². The SMILES string of the molecule is COc1ccc(OC)c(C(C)NC(=O)Cc2csc(Cc3cccc(Cl)c3)n2)c1. The van der Waals surface area contributed by atoms with Crippen LogP contribution >= 0.6 is 22.9 Å². The number of hydrogen-bond acceptors (Lipinski definition) is 5. The quantitative estimate of drug-likeness (QED) is 0.556. The first-order chi connectivity index (χ1) is 14.0. The zero-order valence-corrected chi connectivity index (χ0v) is 18.1. The third kappa shape index (κ3) is 5.71. The Bertz CT molecular complexity index is 990. The van der Waals surface area contributed by atoms with Crippen LogP contribution in [0.3, 0.4) is 0 Å². The molecule has 1 unspecified atom stereocenters. The van der Waals surface area contributed by atoms with Gasteiger partial charge in [-0.05, 0) is 42.8 Å². The van der Waals surface area contributed by atoms with Crippen LogP contribution in [0.25, 0.3) is 0 Å². The van der Waals surface area contributed by atoms with Crippen LogP contribution < -0.4 is 14.8 Å². The van der Waals surface area contributed by atoms with Gasteiger partial charge in [-0.25, -0.2) is 4.98 Å². The molecular formula is C22H23ClN2O3S. The molecule has 0 aliphatic carbocycles. The number of ether oxygens (including phenoxy) is 2. The number of thiazole rings is 1. The number of benzene rings is 2. The number of hydrogen-bond donors (Lipinski definition) is 1. The fourth-order valence-corrected chi connectivity index (χ4v) is 4.09. The van der Waals surface area contributed by atoms with Crippen LogP contribution in [0.4, 0.5) is 0 Å². The van der Waals surface area contributed by atoms with E-state index >= 15 is 0 Å². The van der Waals surface area contributed by atoms with Gasteiger partial charge >= 0.3 is 0 Å². The molecule has 5 nitrogen and oxygen atoms in total. The van der Waals surface area contributed by atoms with E-state index in [9.17, 15) is 4.79 Å². The van der Waals surface area contributed by atoms with E-state index in [1.165, 1.54) is 0 Å². The summed E-state index contributed by atoms with van der Waals surface area (Å²) in [5.41, 5.74) is 2.72. The summed E-state index contributed by atoms with van der Waals surface area (Å²) in [5.74, 6) is 1.32. The van der Waals surface area contributed by atoms with Crippen LogP contribution in [0, 0.1) is 0 Å². The highest BCUT2D eigenvalue weighted by molar-refractivity contribution is 7.09. The molecular weight excluding hydrogens is 408 g/mol. The van der Waals surface area contributed by atoms with Crippen LogP contribution in [0.15, 0.2) is 47.8 Å². The molecule has 0 aliphatic rings. The smallest absolute Gasteiger partial charge is 0.226 e. The zero-order chi connectivity index (χ0) is 20.8. The average Bonchev–Trinajstić information content (AvgIpc) is 3.13. The van der Waals surface area contributed by atoms with Gasteiger partial charge in [-0.15, -0.1) is 11.3 Å². The molecule has 29 heavy (non-hydrogen) atoms. The minimum absolute atomic E-state index is 0.0954. The van der Waals surface area contributed by atoms with E-state index in [2.05, 4.69) is 10.3 Å². The van der Waals surface area contributed by atoms with E-state index in [1.807, 2.05) is 54.8 Å². The van der Waals surface area contributed by atoms with Gasteiger partial charge in [-0.2, -0.15) is 0 Å². The Morgan fingerprint density at radius 2 is 2.03 bits per heavy atom. The first kappa shape index (κ1) is 21.1. The highest BCUT2D eigenvalue weighted by atomic mass is 35.5. The van der Waals surface area contributed by atoms with E-state index in [-0.39, 0.29) is 18.4 Å². The molecule has 1 heterocycles. The predicted molar refractivity (Wildman–Crippen MR) is 116 cm³/mol. The predicted octanol–water partition coefficient (Wildman–Crippen LogP) is 4.82. The van der Waals surface area contributed by atoms with Crippen LogP contribution in [0.5, 0.6) is 11.5 Å². The maximum atomic E-state index is 12.5. The molecule has 0 saturated heterocycles. The summed E-state index contributed by atoms with van der Waals surface area (Å²) in [4.78, 5) is 17.1. The lowest BCUT2D eigenvalue weighted by Gasteiger charge is -2.18. The Labute approximate surface area is 179 Å². The molecule has 0 spiro atoms. The van der Waals surface area contributed by atoms with Gasteiger partial charge in [0.1, 0.15) is 11.5 Å². The van der Waals surface area contributed by atoms with Crippen LogP contribution in [0.2, 0.25) is 5.02 Å². The lowest BCUT2D eigenvalue weighted by Crippen LogP contribution is -2.28. The van der Waals surface area contributed by atoms with Crippen LogP contribution in [0.1, 0.15) is 34.8 Å². The minimum atomic E-state index is -0.225. The van der Waals surface area contributed by atoms with Gasteiger partial charge in [0.05, 0.1) is 37.4 Å². The van der Waals surface area contributed by atoms with Crippen molar-refractivity contribution in [1.82, 2.24) is 10.3 Å². The Balaban J connectivity index is 1.62. The topological polar surface area (TPSA) is 60.5 Å². The van der Waals surface area contributed by atoms with Crippen LogP contribution in [-0.4, -0.2) is 25.1 Å². The van der Waals surface area contributed by atoms with Gasteiger partial charge < -0.3 is 14.8 Å². The second kappa shape index (κ2) is 9.76. The Morgan fingerprint density at radius 1 is 1.21 bits per heavy atom. The molecule has 0 aliphatic heterocycles. The summed E-state index contributed by atoms with van der Waals surface area (Å²) in [6, 6.07) is 13.0. The van der Waals surface area contributed by atoms with Crippen molar-refractivity contribution in [3.63, 3.8) is 0 Å². The van der Waals surface area contributed by atoms with E-state index in [0.717, 1.165) is 21.8 Å².